The molecule has 2 aromatic rings. The van der Waals surface area contributed by atoms with Gasteiger partial charge in [0.05, 0.1) is 11.4 Å². The Bertz CT molecular complexity index is 891. The normalized spacial score (nSPS) is 21.9. The Morgan fingerprint density at radius 2 is 1.83 bits per heavy atom. The van der Waals surface area contributed by atoms with Gasteiger partial charge in [-0.05, 0) is 24.6 Å². The molecule has 112 valence electrons. The highest BCUT2D eigenvalue weighted by Crippen LogP contribution is 2.47. The zero-order valence-corrected chi connectivity index (χ0v) is 12.6. The van der Waals surface area contributed by atoms with E-state index in [1.54, 1.807) is 0 Å². The van der Waals surface area contributed by atoms with E-state index in [-0.39, 0.29) is 5.82 Å². The van der Waals surface area contributed by atoms with Crippen molar-refractivity contribution in [3.63, 3.8) is 0 Å². The summed E-state index contributed by atoms with van der Waals surface area (Å²) >= 11 is 0. The van der Waals surface area contributed by atoms with Crippen molar-refractivity contribution >= 4 is 17.3 Å². The molecule has 0 aromatic heterocycles. The Kier molecular flexibility index (Phi) is 2.69. The molecule has 2 aliphatic heterocycles. The van der Waals surface area contributed by atoms with E-state index >= 15 is 0 Å². The fourth-order valence-electron chi connectivity index (χ4n) is 3.33. The second-order valence-corrected chi connectivity index (χ2v) is 5.72. The minimum Gasteiger partial charge on any atom is -0.383 e. The van der Waals surface area contributed by atoms with Gasteiger partial charge in [-0.1, -0.05) is 42.5 Å². The van der Waals surface area contributed by atoms with Gasteiger partial charge in [0.25, 0.3) is 0 Å². The smallest absolute Gasteiger partial charge is 0.210 e. The number of nitriles is 1. The maximum atomic E-state index is 9.72. The van der Waals surface area contributed by atoms with Crippen LogP contribution in [-0.2, 0) is 5.54 Å². The van der Waals surface area contributed by atoms with E-state index in [9.17, 15) is 5.26 Å². The highest BCUT2D eigenvalue weighted by Gasteiger charge is 2.48. The van der Waals surface area contributed by atoms with Crippen LogP contribution in [0.15, 0.2) is 71.0 Å². The van der Waals surface area contributed by atoms with Gasteiger partial charge in [-0.3, -0.25) is 4.90 Å². The summed E-state index contributed by atoms with van der Waals surface area (Å²) in [5.41, 5.74) is 8.77. The van der Waals surface area contributed by atoms with Crippen molar-refractivity contribution in [1.29, 1.82) is 5.26 Å². The van der Waals surface area contributed by atoms with Gasteiger partial charge in [0.2, 0.25) is 5.96 Å². The Morgan fingerprint density at radius 1 is 1.13 bits per heavy atom. The average molecular weight is 301 g/mol. The van der Waals surface area contributed by atoms with Crippen molar-refractivity contribution in [2.45, 2.75) is 12.5 Å². The minimum absolute atomic E-state index is 0.255. The lowest BCUT2D eigenvalue weighted by atomic mass is 9.82. The number of nitrogens with two attached hydrogens (primary N) is 1. The summed E-state index contributed by atoms with van der Waals surface area (Å²) in [5, 5.41) is 13.0. The van der Waals surface area contributed by atoms with Gasteiger partial charge in [-0.15, -0.1) is 0 Å². The van der Waals surface area contributed by atoms with Crippen molar-refractivity contribution in [1.82, 2.24) is 0 Å². The number of para-hydroxylation sites is 2. The van der Waals surface area contributed by atoms with Gasteiger partial charge in [-0.25, -0.2) is 0 Å². The quantitative estimate of drug-likeness (QED) is 0.849. The van der Waals surface area contributed by atoms with E-state index in [0.29, 0.717) is 11.5 Å². The standard InChI is InChI=1S/C18H15N5/c1-18(12-7-3-2-4-8-12)13(11-19)16(20)22-17-21-14-9-5-6-10-15(14)23(17)18/h2-10H,20H2,1H3,(H,21,22). The molecule has 0 fully saturated rings. The first-order chi connectivity index (χ1) is 11.2. The fraction of sp³-hybridized carbons (Fsp3) is 0.111. The number of rotatable bonds is 1. The van der Waals surface area contributed by atoms with Crippen LogP contribution in [0.4, 0.5) is 11.4 Å². The van der Waals surface area contributed by atoms with Crippen molar-refractivity contribution < 1.29 is 0 Å². The van der Waals surface area contributed by atoms with Gasteiger partial charge in [0.1, 0.15) is 23.0 Å². The molecule has 2 aromatic carbocycles. The molecule has 2 aliphatic rings. The number of nitrogens with one attached hydrogen (secondary N) is 1. The van der Waals surface area contributed by atoms with Crippen LogP contribution < -0.4 is 16.0 Å². The maximum absolute atomic E-state index is 9.72. The molecule has 5 heteroatoms. The van der Waals surface area contributed by atoms with E-state index < -0.39 is 5.54 Å². The molecule has 0 saturated heterocycles. The van der Waals surface area contributed by atoms with E-state index in [1.807, 2.05) is 66.4 Å². The monoisotopic (exact) mass is 301 g/mol. The molecular weight excluding hydrogens is 286 g/mol. The average Bonchev–Trinajstić information content (AvgIpc) is 2.94. The first-order valence-electron chi connectivity index (χ1n) is 7.37. The largest absolute Gasteiger partial charge is 0.383 e. The number of fused-ring (bicyclic) bond motifs is 3. The minimum atomic E-state index is -0.712. The molecule has 1 unspecified atom stereocenters. The summed E-state index contributed by atoms with van der Waals surface area (Å²) in [7, 11) is 0. The first-order valence-corrected chi connectivity index (χ1v) is 7.37. The lowest BCUT2D eigenvalue weighted by molar-refractivity contribution is 0.580. The third kappa shape index (κ3) is 1.69. The number of aliphatic imine (C=N–C) groups is 1. The second kappa shape index (κ2) is 4.62. The Labute approximate surface area is 134 Å². The van der Waals surface area contributed by atoms with E-state index in [4.69, 9.17) is 5.73 Å². The molecule has 4 rings (SSSR count). The molecule has 1 atom stereocenters. The maximum Gasteiger partial charge on any atom is 0.210 e. The number of guanidine groups is 1. The molecule has 0 spiro atoms. The van der Waals surface area contributed by atoms with Crippen LogP contribution in [0.1, 0.15) is 12.5 Å². The number of hydrogen-bond donors (Lipinski definition) is 2. The van der Waals surface area contributed by atoms with Gasteiger partial charge >= 0.3 is 0 Å². The van der Waals surface area contributed by atoms with Crippen LogP contribution in [0.2, 0.25) is 0 Å². The summed E-state index contributed by atoms with van der Waals surface area (Å²) < 4.78 is 0. The van der Waals surface area contributed by atoms with Crippen LogP contribution in [0.3, 0.4) is 0 Å². The summed E-state index contributed by atoms with van der Waals surface area (Å²) in [6.45, 7) is 2.01. The molecule has 23 heavy (non-hydrogen) atoms. The molecule has 0 bridgehead atoms. The Balaban J connectivity index is 2.02. The molecule has 0 amide bonds. The highest BCUT2D eigenvalue weighted by atomic mass is 15.4. The Hall–Kier alpha value is -3.26. The first kappa shape index (κ1) is 13.4. The molecule has 5 nitrogen and oxygen atoms in total. The lowest BCUT2D eigenvalue weighted by Gasteiger charge is -2.42. The SMILES string of the molecule is CC1(c2ccccc2)C(C#N)=C(N)N=C2Nc3ccccc3N21. The summed E-state index contributed by atoms with van der Waals surface area (Å²) in [6, 6.07) is 20.1. The van der Waals surface area contributed by atoms with E-state index in [0.717, 1.165) is 16.9 Å². The van der Waals surface area contributed by atoms with Crippen molar-refractivity contribution in [3.05, 3.63) is 71.6 Å². The van der Waals surface area contributed by atoms with Gasteiger partial charge < -0.3 is 11.1 Å². The third-order valence-electron chi connectivity index (χ3n) is 4.47. The molecule has 3 N–H and O–H groups in total. The van der Waals surface area contributed by atoms with E-state index in [1.165, 1.54) is 0 Å². The number of nitrogens with zero attached hydrogens (tertiary/aromatic N) is 3. The molecular formula is C18H15N5. The second-order valence-electron chi connectivity index (χ2n) is 5.72. The van der Waals surface area contributed by atoms with Gasteiger partial charge in [-0.2, -0.15) is 10.3 Å². The Morgan fingerprint density at radius 3 is 2.57 bits per heavy atom. The van der Waals surface area contributed by atoms with Crippen LogP contribution in [0.5, 0.6) is 0 Å². The lowest BCUT2D eigenvalue weighted by Crippen LogP contribution is -2.51. The molecule has 2 heterocycles. The topological polar surface area (TPSA) is 77.4 Å². The predicted octanol–water partition coefficient (Wildman–Crippen LogP) is 2.90. The van der Waals surface area contributed by atoms with Crippen LogP contribution >= 0.6 is 0 Å². The van der Waals surface area contributed by atoms with Crippen molar-refractivity contribution in [2.75, 3.05) is 10.2 Å². The van der Waals surface area contributed by atoms with Crippen LogP contribution in [0.25, 0.3) is 0 Å². The highest BCUT2D eigenvalue weighted by molar-refractivity contribution is 6.16. The van der Waals surface area contributed by atoms with Crippen LogP contribution in [0, 0.1) is 11.3 Å². The van der Waals surface area contributed by atoms with Crippen molar-refractivity contribution in [2.24, 2.45) is 10.7 Å². The summed E-state index contributed by atoms with van der Waals surface area (Å²) in [6.07, 6.45) is 0. The summed E-state index contributed by atoms with van der Waals surface area (Å²) in [4.78, 5) is 6.45. The number of anilines is 2. The molecule has 0 radical (unpaired) electrons. The van der Waals surface area contributed by atoms with E-state index in [2.05, 4.69) is 16.4 Å². The fourth-order valence-corrected chi connectivity index (χ4v) is 3.33. The third-order valence-corrected chi connectivity index (χ3v) is 4.47. The van der Waals surface area contributed by atoms with Gasteiger partial charge in [0, 0.05) is 0 Å². The zero-order chi connectivity index (χ0) is 16.0. The molecule has 0 aliphatic carbocycles. The number of benzene rings is 2. The number of hydrogen-bond acceptors (Lipinski definition) is 5. The molecule has 0 saturated carbocycles. The summed E-state index contributed by atoms with van der Waals surface area (Å²) in [5.74, 6) is 0.902. The van der Waals surface area contributed by atoms with Crippen molar-refractivity contribution in [3.8, 4) is 6.07 Å². The predicted molar refractivity (Wildman–Crippen MR) is 90.6 cm³/mol. The zero-order valence-electron chi connectivity index (χ0n) is 12.6. The van der Waals surface area contributed by atoms with Crippen LogP contribution in [-0.4, -0.2) is 5.96 Å². The van der Waals surface area contributed by atoms with Gasteiger partial charge in [0.15, 0.2) is 0 Å².